The number of hydrogen-bond donors (Lipinski definition) is 0. The van der Waals surface area contributed by atoms with Crippen LogP contribution in [0.4, 0.5) is 17.1 Å². The summed E-state index contributed by atoms with van der Waals surface area (Å²) in [5, 5.41) is 4.55. The predicted octanol–water partition coefficient (Wildman–Crippen LogP) is 17.6. The standard InChI is InChI=1S/C65H43NO/c1-4-20-44(21-5-1)47-40-41-61-56(42-47)64-60(38-19-39-62(64)67-61)66(59-37-15-13-31-54(59)53-34-16-25-45-24-10-11-30-51(45)53)50-29-17-28-49(43-50)65(48-26-8-3-9-27-48)57-35-14-12-32-55(57)63-52(33-18-36-58(63)65)46-22-6-2-7-23-46/h1-43H. The molecule has 0 radical (unpaired) electrons. The normalized spacial score (nSPS) is 14.0. The van der Waals surface area contributed by atoms with Crippen molar-refractivity contribution in [3.8, 4) is 44.5 Å². The van der Waals surface area contributed by atoms with Gasteiger partial charge in [0.25, 0.3) is 0 Å². The summed E-state index contributed by atoms with van der Waals surface area (Å²) >= 11 is 0. The molecule has 314 valence electrons. The molecule has 0 amide bonds. The second kappa shape index (κ2) is 15.8. The van der Waals surface area contributed by atoms with Gasteiger partial charge in [0.05, 0.1) is 22.2 Å². The highest BCUT2D eigenvalue weighted by Gasteiger charge is 2.47. The molecular formula is C65H43NO. The molecule has 0 spiro atoms. The number of anilines is 3. The highest BCUT2D eigenvalue weighted by atomic mass is 16.3. The van der Waals surface area contributed by atoms with Crippen molar-refractivity contribution in [1.82, 2.24) is 0 Å². The van der Waals surface area contributed by atoms with E-state index in [9.17, 15) is 0 Å². The molecule has 2 nitrogen and oxygen atoms in total. The lowest BCUT2D eigenvalue weighted by Crippen LogP contribution is -2.29. The van der Waals surface area contributed by atoms with Gasteiger partial charge in [-0.25, -0.2) is 0 Å². The molecule has 0 N–H and O–H groups in total. The second-order valence-corrected chi connectivity index (χ2v) is 17.5. The Bertz CT molecular complexity index is 3810. The van der Waals surface area contributed by atoms with Gasteiger partial charge in [0.15, 0.2) is 0 Å². The first-order valence-corrected chi connectivity index (χ1v) is 23.1. The van der Waals surface area contributed by atoms with E-state index in [0.717, 1.165) is 50.1 Å². The first-order chi connectivity index (χ1) is 33.3. The van der Waals surface area contributed by atoms with E-state index < -0.39 is 5.41 Å². The first kappa shape index (κ1) is 38.7. The number of rotatable bonds is 8. The molecule has 1 aromatic heterocycles. The Morgan fingerprint density at radius 3 is 1.78 bits per heavy atom. The third kappa shape index (κ3) is 6.11. The fourth-order valence-corrected chi connectivity index (χ4v) is 11.1. The maximum absolute atomic E-state index is 6.76. The monoisotopic (exact) mass is 853 g/mol. The topological polar surface area (TPSA) is 16.4 Å². The molecule has 1 heterocycles. The lowest BCUT2D eigenvalue weighted by Gasteiger charge is -2.35. The molecule has 0 bridgehead atoms. The minimum Gasteiger partial charge on any atom is -0.456 e. The quantitative estimate of drug-likeness (QED) is 0.151. The van der Waals surface area contributed by atoms with Crippen molar-refractivity contribution >= 4 is 49.8 Å². The lowest BCUT2D eigenvalue weighted by atomic mass is 9.67. The van der Waals surface area contributed by atoms with E-state index in [1.54, 1.807) is 0 Å². The maximum Gasteiger partial charge on any atom is 0.137 e. The third-order valence-corrected chi connectivity index (χ3v) is 13.9. The Kier molecular flexibility index (Phi) is 9.11. The van der Waals surface area contributed by atoms with Crippen LogP contribution in [0, 0.1) is 0 Å². The fraction of sp³-hybridized carbons (Fsp3) is 0.0154. The van der Waals surface area contributed by atoms with E-state index >= 15 is 0 Å². The number of para-hydroxylation sites is 1. The molecule has 2 heteroatoms. The van der Waals surface area contributed by atoms with E-state index in [1.165, 1.54) is 66.4 Å². The highest BCUT2D eigenvalue weighted by Crippen LogP contribution is 2.59. The Balaban J connectivity index is 1.11. The van der Waals surface area contributed by atoms with Gasteiger partial charge in [0, 0.05) is 16.6 Å². The van der Waals surface area contributed by atoms with Crippen molar-refractivity contribution in [2.24, 2.45) is 0 Å². The van der Waals surface area contributed by atoms with Crippen molar-refractivity contribution < 1.29 is 4.42 Å². The summed E-state index contributed by atoms with van der Waals surface area (Å²) in [6.07, 6.45) is 0. The van der Waals surface area contributed by atoms with Crippen molar-refractivity contribution in [2.75, 3.05) is 4.90 Å². The molecule has 0 saturated heterocycles. The van der Waals surface area contributed by atoms with Crippen LogP contribution in [0.1, 0.15) is 22.3 Å². The summed E-state index contributed by atoms with van der Waals surface area (Å²) in [4.78, 5) is 2.48. The van der Waals surface area contributed by atoms with Crippen LogP contribution in [0.3, 0.4) is 0 Å². The number of benzene rings is 11. The third-order valence-electron chi connectivity index (χ3n) is 13.9. The minimum atomic E-state index is -0.631. The van der Waals surface area contributed by atoms with Gasteiger partial charge in [-0.05, 0) is 114 Å². The zero-order valence-electron chi connectivity index (χ0n) is 36.7. The van der Waals surface area contributed by atoms with Crippen molar-refractivity contribution in [2.45, 2.75) is 5.41 Å². The Morgan fingerprint density at radius 1 is 0.328 bits per heavy atom. The van der Waals surface area contributed by atoms with Crippen molar-refractivity contribution in [3.05, 3.63) is 283 Å². The molecule has 12 aromatic rings. The van der Waals surface area contributed by atoms with E-state index in [4.69, 9.17) is 4.42 Å². The number of fused-ring (bicyclic) bond motifs is 7. The summed E-state index contributed by atoms with van der Waals surface area (Å²) in [5.41, 5.74) is 18.8. The van der Waals surface area contributed by atoms with Crippen LogP contribution >= 0.6 is 0 Å². The minimum absolute atomic E-state index is 0.631. The lowest BCUT2D eigenvalue weighted by molar-refractivity contribution is 0.669. The Labute approximate surface area is 390 Å². The fourth-order valence-electron chi connectivity index (χ4n) is 11.1. The van der Waals surface area contributed by atoms with E-state index in [0.29, 0.717) is 0 Å². The molecule has 0 aliphatic heterocycles. The van der Waals surface area contributed by atoms with Gasteiger partial charge in [0.1, 0.15) is 11.2 Å². The van der Waals surface area contributed by atoms with E-state index in [-0.39, 0.29) is 0 Å². The second-order valence-electron chi connectivity index (χ2n) is 17.5. The molecule has 1 unspecified atom stereocenters. The highest BCUT2D eigenvalue weighted by molar-refractivity contribution is 6.15. The molecule has 1 atom stereocenters. The van der Waals surface area contributed by atoms with Gasteiger partial charge in [-0.15, -0.1) is 0 Å². The zero-order chi connectivity index (χ0) is 44.3. The number of hydrogen-bond acceptors (Lipinski definition) is 2. The van der Waals surface area contributed by atoms with Crippen molar-refractivity contribution in [1.29, 1.82) is 0 Å². The van der Waals surface area contributed by atoms with Gasteiger partial charge in [0.2, 0.25) is 0 Å². The van der Waals surface area contributed by atoms with Crippen LogP contribution in [0.2, 0.25) is 0 Å². The van der Waals surface area contributed by atoms with Gasteiger partial charge < -0.3 is 9.32 Å². The van der Waals surface area contributed by atoms with E-state index in [1.807, 2.05) is 0 Å². The summed E-state index contributed by atoms with van der Waals surface area (Å²) < 4.78 is 6.76. The number of furan rings is 1. The Hall–Kier alpha value is -8.72. The first-order valence-electron chi connectivity index (χ1n) is 23.1. The summed E-state index contributed by atoms with van der Waals surface area (Å²) in [6.45, 7) is 0. The largest absolute Gasteiger partial charge is 0.456 e. The molecular weight excluding hydrogens is 811 g/mol. The van der Waals surface area contributed by atoms with E-state index in [2.05, 4.69) is 266 Å². The molecule has 0 saturated carbocycles. The number of nitrogens with zero attached hydrogens (tertiary/aromatic N) is 1. The Morgan fingerprint density at radius 2 is 0.925 bits per heavy atom. The van der Waals surface area contributed by atoms with Crippen LogP contribution in [-0.2, 0) is 5.41 Å². The van der Waals surface area contributed by atoms with Gasteiger partial charge in [-0.1, -0.05) is 218 Å². The average Bonchev–Trinajstić information content (AvgIpc) is 3.94. The van der Waals surface area contributed by atoms with Gasteiger partial charge in [-0.3, -0.25) is 0 Å². The van der Waals surface area contributed by atoms with Crippen molar-refractivity contribution in [3.63, 3.8) is 0 Å². The molecule has 11 aromatic carbocycles. The molecule has 1 aliphatic carbocycles. The summed E-state index contributed by atoms with van der Waals surface area (Å²) in [7, 11) is 0. The van der Waals surface area contributed by atoms with Crippen LogP contribution in [0.15, 0.2) is 265 Å². The van der Waals surface area contributed by atoms with Crippen LogP contribution < -0.4 is 4.90 Å². The average molecular weight is 854 g/mol. The zero-order valence-corrected chi connectivity index (χ0v) is 36.7. The predicted molar refractivity (Wildman–Crippen MR) is 280 cm³/mol. The SMILES string of the molecule is c1ccc(-c2ccc3oc4cccc(N(c5cccc(C6(c7ccccc7)c7ccccc7-c7c(-c8ccccc8)cccc76)c5)c5ccccc5-c5cccc6ccccc56)c4c3c2)cc1. The molecule has 67 heavy (non-hydrogen) atoms. The van der Waals surface area contributed by atoms with Gasteiger partial charge in [-0.2, -0.15) is 0 Å². The molecule has 0 fully saturated rings. The molecule has 13 rings (SSSR count). The van der Waals surface area contributed by atoms with Gasteiger partial charge >= 0.3 is 0 Å². The summed E-state index contributed by atoms with van der Waals surface area (Å²) in [5.74, 6) is 0. The smallest absolute Gasteiger partial charge is 0.137 e. The molecule has 1 aliphatic rings. The summed E-state index contributed by atoms with van der Waals surface area (Å²) in [6, 6.07) is 95.2. The maximum atomic E-state index is 6.76. The van der Waals surface area contributed by atoms with Crippen LogP contribution in [0.5, 0.6) is 0 Å². The van der Waals surface area contributed by atoms with Crippen LogP contribution in [0.25, 0.3) is 77.2 Å². The van der Waals surface area contributed by atoms with Crippen LogP contribution in [-0.4, -0.2) is 0 Å².